The third-order valence-corrected chi connectivity index (χ3v) is 4.87. The molecule has 134 valence electrons. The highest BCUT2D eigenvalue weighted by Crippen LogP contribution is 2.24. The van der Waals surface area contributed by atoms with Crippen molar-refractivity contribution < 1.29 is 9.90 Å². The fourth-order valence-electron chi connectivity index (χ4n) is 3.20. The molecule has 0 aromatic heterocycles. The van der Waals surface area contributed by atoms with Crippen LogP contribution in [0.15, 0.2) is 29.8 Å². The number of hydrogen-bond acceptors (Lipinski definition) is 4. The van der Waals surface area contributed by atoms with Gasteiger partial charge in [0.15, 0.2) is 0 Å². The standard InChI is InChI=1S/C20H27N3O2/c1-15-5-3-4-6-19(15)22-20(25)17(14-21)13-16-7-9-18(10-8-16)23(2)11-12-24/h7-10,13,15,19,24H,3-6,11-12H2,1-2H3,(H,22,25)/b17-13+/t15-,19-/m1/s1. The second-order valence-corrected chi connectivity index (χ2v) is 6.75. The third-order valence-electron chi connectivity index (χ3n) is 4.87. The number of aliphatic hydroxyl groups is 1. The lowest BCUT2D eigenvalue weighted by Crippen LogP contribution is -2.41. The molecule has 5 nitrogen and oxygen atoms in total. The highest BCUT2D eigenvalue weighted by molar-refractivity contribution is 6.01. The molecule has 1 aliphatic carbocycles. The number of amides is 1. The first-order valence-corrected chi connectivity index (χ1v) is 8.90. The Kier molecular flexibility index (Phi) is 7.03. The molecular weight excluding hydrogens is 314 g/mol. The molecule has 2 atom stereocenters. The van der Waals surface area contributed by atoms with E-state index in [-0.39, 0.29) is 24.1 Å². The molecule has 5 heteroatoms. The SMILES string of the molecule is C[C@@H]1CCCC[C@H]1NC(=O)/C(C#N)=C/c1ccc(N(C)CCO)cc1. The Bertz CT molecular complexity index is 646. The Morgan fingerprint density at radius 3 is 2.64 bits per heavy atom. The van der Waals surface area contributed by atoms with Gasteiger partial charge in [0.25, 0.3) is 5.91 Å². The summed E-state index contributed by atoms with van der Waals surface area (Å²) in [5, 5.41) is 21.4. The number of rotatable bonds is 6. The number of aliphatic hydroxyl groups excluding tert-OH is 1. The van der Waals surface area contributed by atoms with Crippen LogP contribution < -0.4 is 10.2 Å². The van der Waals surface area contributed by atoms with Crippen LogP contribution in [0.5, 0.6) is 0 Å². The molecular formula is C20H27N3O2. The Balaban J connectivity index is 2.06. The van der Waals surface area contributed by atoms with Gasteiger partial charge in [0, 0.05) is 25.3 Å². The molecule has 1 saturated carbocycles. The van der Waals surface area contributed by atoms with Gasteiger partial charge in [-0.15, -0.1) is 0 Å². The van der Waals surface area contributed by atoms with Crippen molar-refractivity contribution in [2.75, 3.05) is 25.1 Å². The molecule has 0 saturated heterocycles. The lowest BCUT2D eigenvalue weighted by molar-refractivity contribution is -0.118. The van der Waals surface area contributed by atoms with Crippen LogP contribution in [0.1, 0.15) is 38.2 Å². The highest BCUT2D eigenvalue weighted by Gasteiger charge is 2.24. The minimum Gasteiger partial charge on any atom is -0.395 e. The van der Waals surface area contributed by atoms with E-state index in [1.165, 1.54) is 6.42 Å². The number of hydrogen-bond donors (Lipinski definition) is 2. The summed E-state index contributed by atoms with van der Waals surface area (Å²) in [5.74, 6) is 0.168. The van der Waals surface area contributed by atoms with Gasteiger partial charge in [0.05, 0.1) is 6.61 Å². The molecule has 1 amide bonds. The summed E-state index contributed by atoms with van der Waals surface area (Å²) in [6.45, 7) is 2.80. The molecule has 0 radical (unpaired) electrons. The number of benzene rings is 1. The predicted molar refractivity (Wildman–Crippen MR) is 100.0 cm³/mol. The lowest BCUT2D eigenvalue weighted by Gasteiger charge is -2.29. The summed E-state index contributed by atoms with van der Waals surface area (Å²) in [5.41, 5.74) is 1.92. The zero-order chi connectivity index (χ0) is 18.2. The first-order chi connectivity index (χ1) is 12.0. The van der Waals surface area contributed by atoms with Crippen molar-refractivity contribution in [3.05, 3.63) is 35.4 Å². The maximum atomic E-state index is 12.4. The average Bonchev–Trinajstić information content (AvgIpc) is 2.62. The minimum atomic E-state index is -0.289. The number of nitrogens with zero attached hydrogens (tertiary/aromatic N) is 2. The van der Waals surface area contributed by atoms with Gasteiger partial charge < -0.3 is 15.3 Å². The molecule has 1 aromatic carbocycles. The molecule has 25 heavy (non-hydrogen) atoms. The number of carbonyl (C=O) groups excluding carboxylic acids is 1. The molecule has 1 fully saturated rings. The molecule has 0 aliphatic heterocycles. The van der Waals surface area contributed by atoms with Gasteiger partial charge in [-0.3, -0.25) is 4.79 Å². The molecule has 0 unspecified atom stereocenters. The highest BCUT2D eigenvalue weighted by atomic mass is 16.3. The topological polar surface area (TPSA) is 76.4 Å². The normalized spacial score (nSPS) is 20.6. The van der Waals surface area contributed by atoms with E-state index in [1.54, 1.807) is 6.08 Å². The van der Waals surface area contributed by atoms with E-state index in [9.17, 15) is 10.1 Å². The van der Waals surface area contributed by atoms with E-state index in [2.05, 4.69) is 12.2 Å². The lowest BCUT2D eigenvalue weighted by atomic mass is 9.86. The largest absolute Gasteiger partial charge is 0.395 e. The zero-order valence-electron chi connectivity index (χ0n) is 15.0. The van der Waals surface area contributed by atoms with Crippen molar-refractivity contribution in [1.82, 2.24) is 5.32 Å². The van der Waals surface area contributed by atoms with Gasteiger partial charge in [-0.1, -0.05) is 31.9 Å². The van der Waals surface area contributed by atoms with Crippen molar-refractivity contribution in [3.63, 3.8) is 0 Å². The Morgan fingerprint density at radius 1 is 1.36 bits per heavy atom. The summed E-state index contributed by atoms with van der Waals surface area (Å²) in [7, 11) is 1.90. The number of carbonyl (C=O) groups is 1. The molecule has 1 aliphatic rings. The number of likely N-dealkylation sites (N-methyl/N-ethyl adjacent to an activating group) is 1. The molecule has 2 N–H and O–H groups in total. The van der Waals surface area contributed by atoms with Crippen LogP contribution in [0, 0.1) is 17.2 Å². The van der Waals surface area contributed by atoms with E-state index in [1.807, 2.05) is 42.3 Å². The smallest absolute Gasteiger partial charge is 0.262 e. The molecule has 0 spiro atoms. The monoisotopic (exact) mass is 341 g/mol. The molecule has 0 heterocycles. The fourth-order valence-corrected chi connectivity index (χ4v) is 3.20. The molecule has 2 rings (SSSR count). The summed E-state index contributed by atoms with van der Waals surface area (Å²) < 4.78 is 0. The zero-order valence-corrected chi connectivity index (χ0v) is 15.0. The first kappa shape index (κ1) is 19.0. The Hall–Kier alpha value is -2.32. The molecule has 0 bridgehead atoms. The van der Waals surface area contributed by atoms with Crippen molar-refractivity contribution in [1.29, 1.82) is 5.26 Å². The Morgan fingerprint density at radius 2 is 2.04 bits per heavy atom. The fraction of sp³-hybridized carbons (Fsp3) is 0.500. The van der Waals surface area contributed by atoms with Crippen LogP contribution in [-0.4, -0.2) is 37.3 Å². The predicted octanol–water partition coefficient (Wildman–Crippen LogP) is 2.72. The van der Waals surface area contributed by atoms with E-state index < -0.39 is 0 Å². The maximum absolute atomic E-state index is 12.4. The van der Waals surface area contributed by atoms with E-state index in [0.29, 0.717) is 12.5 Å². The van der Waals surface area contributed by atoms with Crippen molar-refractivity contribution in [2.45, 2.75) is 38.6 Å². The summed E-state index contributed by atoms with van der Waals surface area (Å²) >= 11 is 0. The van der Waals surface area contributed by atoms with E-state index in [4.69, 9.17) is 5.11 Å². The van der Waals surface area contributed by atoms with Crippen LogP contribution in [0.2, 0.25) is 0 Å². The van der Waals surface area contributed by atoms with Gasteiger partial charge in [-0.05, 0) is 42.5 Å². The first-order valence-electron chi connectivity index (χ1n) is 8.90. The number of anilines is 1. The Labute approximate surface area is 150 Å². The van der Waals surface area contributed by atoms with Crippen LogP contribution in [0.25, 0.3) is 6.08 Å². The maximum Gasteiger partial charge on any atom is 0.262 e. The number of nitrogens with one attached hydrogen (secondary N) is 1. The summed E-state index contributed by atoms with van der Waals surface area (Å²) in [6.07, 6.45) is 6.07. The van der Waals surface area contributed by atoms with Crippen LogP contribution in [-0.2, 0) is 4.79 Å². The average molecular weight is 341 g/mol. The van der Waals surface area contributed by atoms with Gasteiger partial charge >= 0.3 is 0 Å². The molecule has 1 aromatic rings. The summed E-state index contributed by atoms with van der Waals surface area (Å²) in [6, 6.07) is 9.75. The van der Waals surface area contributed by atoms with Crippen molar-refractivity contribution in [3.8, 4) is 6.07 Å². The van der Waals surface area contributed by atoms with E-state index >= 15 is 0 Å². The second-order valence-electron chi connectivity index (χ2n) is 6.75. The van der Waals surface area contributed by atoms with Gasteiger partial charge in [-0.25, -0.2) is 0 Å². The second kappa shape index (κ2) is 9.24. The van der Waals surface area contributed by atoms with Crippen molar-refractivity contribution >= 4 is 17.7 Å². The van der Waals surface area contributed by atoms with Gasteiger partial charge in [0.1, 0.15) is 11.6 Å². The third kappa shape index (κ3) is 5.33. The van der Waals surface area contributed by atoms with Gasteiger partial charge in [-0.2, -0.15) is 5.26 Å². The quantitative estimate of drug-likeness (QED) is 0.616. The van der Waals surface area contributed by atoms with Crippen molar-refractivity contribution in [2.24, 2.45) is 5.92 Å². The summed E-state index contributed by atoms with van der Waals surface area (Å²) in [4.78, 5) is 14.4. The van der Waals surface area contributed by atoms with Gasteiger partial charge in [0.2, 0.25) is 0 Å². The minimum absolute atomic E-state index is 0.0937. The van der Waals surface area contributed by atoms with Crippen LogP contribution >= 0.6 is 0 Å². The van der Waals surface area contributed by atoms with Crippen LogP contribution in [0.4, 0.5) is 5.69 Å². The van der Waals surface area contributed by atoms with Crippen LogP contribution in [0.3, 0.4) is 0 Å². The van der Waals surface area contributed by atoms with E-state index in [0.717, 1.165) is 30.5 Å². The number of nitriles is 1.